The molecule has 0 saturated heterocycles. The van der Waals surface area contributed by atoms with E-state index in [0.29, 0.717) is 5.69 Å². The number of amides is 1. The van der Waals surface area contributed by atoms with E-state index in [1.165, 1.54) is 25.3 Å². The number of hydrogen-bond acceptors (Lipinski definition) is 5. The summed E-state index contributed by atoms with van der Waals surface area (Å²) in [6.45, 7) is 3.73. The third-order valence-corrected chi connectivity index (χ3v) is 3.85. The third kappa shape index (κ3) is 4.77. The second-order valence-electron chi connectivity index (χ2n) is 5.65. The van der Waals surface area contributed by atoms with Crippen LogP contribution >= 0.6 is 0 Å². The lowest BCUT2D eigenvalue weighted by Gasteiger charge is -2.20. The minimum absolute atomic E-state index is 0.000654. The van der Waals surface area contributed by atoms with Crippen LogP contribution in [0.4, 0.5) is 11.4 Å². The van der Waals surface area contributed by atoms with Crippen LogP contribution in [0.25, 0.3) is 0 Å². The molecule has 0 radical (unpaired) electrons. The maximum Gasteiger partial charge on any atom is 0.273 e. The molecule has 0 aliphatic heterocycles. The predicted molar refractivity (Wildman–Crippen MR) is 95.7 cm³/mol. The molecule has 132 valence electrons. The van der Waals surface area contributed by atoms with Gasteiger partial charge in [0.1, 0.15) is 5.75 Å². The summed E-state index contributed by atoms with van der Waals surface area (Å²) in [5.41, 5.74) is 1.37. The number of nitro benzene ring substituents is 1. The highest BCUT2D eigenvalue weighted by molar-refractivity contribution is 5.96. The van der Waals surface area contributed by atoms with Gasteiger partial charge < -0.3 is 10.1 Å². The molecule has 2 N–H and O–H groups in total. The van der Waals surface area contributed by atoms with Gasteiger partial charge in [-0.25, -0.2) is 0 Å². The first-order chi connectivity index (χ1) is 11.9. The molecular weight excluding hydrogens is 322 g/mol. The number of carbonyl (C=O) groups excluding carboxylic acids is 1. The van der Waals surface area contributed by atoms with Crippen LogP contribution in [0.3, 0.4) is 0 Å². The number of hydrogen-bond donors (Lipinski definition) is 2. The van der Waals surface area contributed by atoms with Gasteiger partial charge in [-0.2, -0.15) is 0 Å². The Labute approximate surface area is 146 Å². The molecule has 0 unspecified atom stereocenters. The quantitative estimate of drug-likeness (QED) is 0.594. The maximum absolute atomic E-state index is 12.4. The van der Waals surface area contributed by atoms with E-state index in [4.69, 9.17) is 4.74 Å². The second kappa shape index (κ2) is 8.25. The highest BCUT2D eigenvalue weighted by atomic mass is 16.6. The van der Waals surface area contributed by atoms with Crippen molar-refractivity contribution in [3.63, 3.8) is 0 Å². The van der Waals surface area contributed by atoms with Crippen molar-refractivity contribution < 1.29 is 14.5 Å². The van der Waals surface area contributed by atoms with E-state index in [2.05, 4.69) is 10.6 Å². The molecule has 2 aromatic carbocycles. The van der Waals surface area contributed by atoms with Gasteiger partial charge in [-0.05, 0) is 25.5 Å². The molecule has 2 atom stereocenters. The van der Waals surface area contributed by atoms with Gasteiger partial charge >= 0.3 is 0 Å². The van der Waals surface area contributed by atoms with Gasteiger partial charge in [0.05, 0.1) is 29.8 Å². The van der Waals surface area contributed by atoms with E-state index < -0.39 is 11.0 Å². The fourth-order valence-corrected chi connectivity index (χ4v) is 2.43. The van der Waals surface area contributed by atoms with E-state index >= 15 is 0 Å². The summed E-state index contributed by atoms with van der Waals surface area (Å²) < 4.78 is 5.13. The van der Waals surface area contributed by atoms with E-state index in [1.807, 2.05) is 37.3 Å². The van der Waals surface area contributed by atoms with Gasteiger partial charge in [0.25, 0.3) is 5.69 Å². The Balaban J connectivity index is 2.04. The monoisotopic (exact) mass is 343 g/mol. The lowest BCUT2D eigenvalue weighted by Crippen LogP contribution is -2.39. The number of anilines is 1. The van der Waals surface area contributed by atoms with Gasteiger partial charge in [0, 0.05) is 12.1 Å². The van der Waals surface area contributed by atoms with Crippen molar-refractivity contribution in [2.45, 2.75) is 25.9 Å². The Kier molecular flexibility index (Phi) is 6.08. The molecule has 0 fully saturated rings. The van der Waals surface area contributed by atoms with Gasteiger partial charge in [-0.3, -0.25) is 20.2 Å². The molecule has 25 heavy (non-hydrogen) atoms. The number of ether oxygens (including phenoxy) is 1. The summed E-state index contributed by atoms with van der Waals surface area (Å²) in [6.07, 6.45) is 0. The number of benzene rings is 2. The van der Waals surface area contributed by atoms with E-state index in [1.54, 1.807) is 6.92 Å². The van der Waals surface area contributed by atoms with E-state index in [-0.39, 0.29) is 23.4 Å². The molecule has 0 heterocycles. The Morgan fingerprint density at radius 2 is 1.84 bits per heavy atom. The molecule has 7 nitrogen and oxygen atoms in total. The summed E-state index contributed by atoms with van der Waals surface area (Å²) in [4.78, 5) is 22.7. The number of methoxy groups -OCH3 is 1. The molecule has 0 aliphatic carbocycles. The first-order valence-corrected chi connectivity index (χ1v) is 7.86. The number of rotatable bonds is 7. The predicted octanol–water partition coefficient (Wildman–Crippen LogP) is 3.28. The molecule has 2 aromatic rings. The molecule has 0 spiro atoms. The number of nitrogens with zero attached hydrogens (tertiary/aromatic N) is 1. The van der Waals surface area contributed by atoms with Crippen molar-refractivity contribution in [3.8, 4) is 5.75 Å². The summed E-state index contributed by atoms with van der Waals surface area (Å²) in [7, 11) is 1.40. The maximum atomic E-state index is 12.4. The molecule has 0 bridgehead atoms. The van der Waals surface area contributed by atoms with E-state index in [9.17, 15) is 14.9 Å². The highest BCUT2D eigenvalue weighted by Crippen LogP contribution is 2.29. The summed E-state index contributed by atoms with van der Waals surface area (Å²) in [6, 6.07) is 13.4. The molecule has 0 aliphatic rings. The summed E-state index contributed by atoms with van der Waals surface area (Å²) >= 11 is 0. The number of nitrogens with one attached hydrogen (secondary N) is 2. The summed E-state index contributed by atoms with van der Waals surface area (Å²) in [5.74, 6) is -0.0132. The van der Waals surface area contributed by atoms with Crippen LogP contribution in [0, 0.1) is 10.1 Å². The average molecular weight is 343 g/mol. The van der Waals surface area contributed by atoms with Crippen molar-refractivity contribution in [2.75, 3.05) is 12.4 Å². The smallest absolute Gasteiger partial charge is 0.273 e. The zero-order valence-corrected chi connectivity index (χ0v) is 14.4. The zero-order chi connectivity index (χ0) is 18.4. The van der Waals surface area contributed by atoms with Crippen molar-refractivity contribution in [3.05, 3.63) is 64.2 Å². The Morgan fingerprint density at radius 3 is 2.44 bits per heavy atom. The largest absolute Gasteiger partial charge is 0.494 e. The van der Waals surface area contributed by atoms with Crippen LogP contribution in [0.1, 0.15) is 25.5 Å². The fourth-order valence-electron chi connectivity index (χ4n) is 2.43. The van der Waals surface area contributed by atoms with Crippen molar-refractivity contribution >= 4 is 17.3 Å². The van der Waals surface area contributed by atoms with E-state index in [0.717, 1.165) is 5.56 Å². The topological polar surface area (TPSA) is 93.5 Å². The lowest BCUT2D eigenvalue weighted by molar-refractivity contribution is -0.384. The molecule has 7 heteroatoms. The van der Waals surface area contributed by atoms with Crippen LogP contribution in [-0.4, -0.2) is 24.0 Å². The van der Waals surface area contributed by atoms with Crippen LogP contribution < -0.4 is 15.4 Å². The standard InChI is InChI=1S/C18H21N3O4/c1-12(14-7-5-4-6-8-14)19-13(2)18(22)20-16-10-9-15(21(23)24)11-17(16)25-3/h4-13,19H,1-3H3,(H,20,22)/t12-,13-/m1/s1. The summed E-state index contributed by atoms with van der Waals surface area (Å²) in [5, 5.41) is 16.8. The Hall–Kier alpha value is -2.93. The third-order valence-electron chi connectivity index (χ3n) is 3.85. The van der Waals surface area contributed by atoms with Crippen LogP contribution in [0.2, 0.25) is 0 Å². The lowest BCUT2D eigenvalue weighted by atomic mass is 10.1. The average Bonchev–Trinajstić information content (AvgIpc) is 2.62. The zero-order valence-electron chi connectivity index (χ0n) is 14.4. The Bertz CT molecular complexity index is 749. The van der Waals surface area contributed by atoms with Gasteiger partial charge in [-0.15, -0.1) is 0 Å². The van der Waals surface area contributed by atoms with Crippen LogP contribution in [0.15, 0.2) is 48.5 Å². The van der Waals surface area contributed by atoms with Crippen molar-refractivity contribution in [2.24, 2.45) is 0 Å². The molecule has 2 rings (SSSR count). The normalized spacial score (nSPS) is 12.9. The SMILES string of the molecule is COc1cc([N+](=O)[O-])ccc1NC(=O)[C@@H](C)N[C@H](C)c1ccccc1. The van der Waals surface area contributed by atoms with Gasteiger partial charge in [0.15, 0.2) is 0 Å². The van der Waals surface area contributed by atoms with Crippen LogP contribution in [0.5, 0.6) is 5.75 Å². The Morgan fingerprint density at radius 1 is 1.16 bits per heavy atom. The molecule has 0 saturated carbocycles. The first kappa shape index (κ1) is 18.4. The van der Waals surface area contributed by atoms with Crippen LogP contribution in [-0.2, 0) is 4.79 Å². The van der Waals surface area contributed by atoms with Crippen molar-refractivity contribution in [1.82, 2.24) is 5.32 Å². The molecule has 0 aromatic heterocycles. The molecule has 1 amide bonds. The van der Waals surface area contributed by atoms with Gasteiger partial charge in [-0.1, -0.05) is 30.3 Å². The van der Waals surface area contributed by atoms with Crippen molar-refractivity contribution in [1.29, 1.82) is 0 Å². The van der Waals surface area contributed by atoms with Gasteiger partial charge in [0.2, 0.25) is 5.91 Å². The minimum atomic E-state index is -0.514. The minimum Gasteiger partial charge on any atom is -0.494 e. The fraction of sp³-hybridized carbons (Fsp3) is 0.278. The number of non-ortho nitro benzene ring substituents is 1. The highest BCUT2D eigenvalue weighted by Gasteiger charge is 2.19. The molecular formula is C18H21N3O4. The number of carbonyl (C=O) groups is 1. The number of nitro groups is 1. The first-order valence-electron chi connectivity index (χ1n) is 7.86. The second-order valence-corrected chi connectivity index (χ2v) is 5.65.